The van der Waals surface area contributed by atoms with E-state index >= 15 is 0 Å². The summed E-state index contributed by atoms with van der Waals surface area (Å²) in [7, 11) is 0. The maximum atomic E-state index is 12.9. The number of nitrogens with one attached hydrogen (secondary N) is 1. The Morgan fingerprint density at radius 1 is 1.06 bits per heavy atom. The minimum atomic E-state index is -0.488. The standard InChI is InChI=1S/C26H27N3O5S/c1-4-32-19-12-10-18(11-13-19)28-22(30)16-34-21-9-7-6-8-20(21)24-23(25(31)33-5-2)17(3)27-26-29(24)14-15-35-26/h6-15,24H,4-5,16H2,1-3H3,(H,28,30)/t24-/m1/s1. The summed E-state index contributed by atoms with van der Waals surface area (Å²) in [4.78, 5) is 32.0. The molecular weight excluding hydrogens is 466 g/mol. The summed E-state index contributed by atoms with van der Waals surface area (Å²) < 4.78 is 16.7. The quantitative estimate of drug-likeness (QED) is 0.499. The van der Waals surface area contributed by atoms with E-state index < -0.39 is 12.0 Å². The van der Waals surface area contributed by atoms with Gasteiger partial charge in [0.2, 0.25) is 0 Å². The maximum absolute atomic E-state index is 12.9. The van der Waals surface area contributed by atoms with Gasteiger partial charge in [-0.15, -0.1) is 0 Å². The second kappa shape index (κ2) is 11.1. The van der Waals surface area contributed by atoms with Gasteiger partial charge in [0.25, 0.3) is 5.91 Å². The minimum absolute atomic E-state index is 0.195. The first-order chi connectivity index (χ1) is 17.0. The number of para-hydroxylation sites is 1. The highest BCUT2D eigenvalue weighted by atomic mass is 32.2. The van der Waals surface area contributed by atoms with Crippen molar-refractivity contribution in [1.82, 2.24) is 4.90 Å². The molecule has 0 bridgehead atoms. The van der Waals surface area contributed by atoms with E-state index in [2.05, 4.69) is 10.3 Å². The van der Waals surface area contributed by atoms with E-state index in [1.54, 1.807) is 44.2 Å². The lowest BCUT2D eigenvalue weighted by Gasteiger charge is -2.34. The molecule has 1 N–H and O–H groups in total. The summed E-state index contributed by atoms with van der Waals surface area (Å²) >= 11 is 1.48. The van der Waals surface area contributed by atoms with Gasteiger partial charge >= 0.3 is 5.97 Å². The van der Waals surface area contributed by atoms with Crippen LogP contribution in [-0.4, -0.2) is 41.8 Å². The predicted octanol–water partition coefficient (Wildman–Crippen LogP) is 4.87. The molecular formula is C26H27N3O5S. The molecule has 0 unspecified atom stereocenters. The van der Waals surface area contributed by atoms with Crippen molar-refractivity contribution in [3.63, 3.8) is 0 Å². The largest absolute Gasteiger partial charge is 0.494 e. The third-order valence-electron chi connectivity index (χ3n) is 5.34. The summed E-state index contributed by atoms with van der Waals surface area (Å²) in [6.07, 6.45) is 1.88. The number of hydrogen-bond acceptors (Lipinski definition) is 8. The van der Waals surface area contributed by atoms with Crippen LogP contribution in [0.3, 0.4) is 0 Å². The average molecular weight is 494 g/mol. The lowest BCUT2D eigenvalue weighted by atomic mass is 9.94. The number of esters is 1. The van der Waals surface area contributed by atoms with Crippen LogP contribution in [0.25, 0.3) is 0 Å². The Kier molecular flexibility index (Phi) is 7.77. The van der Waals surface area contributed by atoms with Gasteiger partial charge in [-0.1, -0.05) is 30.0 Å². The molecule has 1 amide bonds. The Morgan fingerprint density at radius 3 is 2.57 bits per heavy atom. The lowest BCUT2D eigenvalue weighted by Crippen LogP contribution is -2.34. The third-order valence-corrected chi connectivity index (χ3v) is 6.11. The molecule has 182 valence electrons. The van der Waals surface area contributed by atoms with Crippen molar-refractivity contribution in [2.24, 2.45) is 4.99 Å². The van der Waals surface area contributed by atoms with E-state index in [0.29, 0.717) is 29.3 Å². The number of carbonyl (C=O) groups excluding carboxylic acids is 2. The van der Waals surface area contributed by atoms with Crippen molar-refractivity contribution >= 4 is 34.5 Å². The highest BCUT2D eigenvalue weighted by molar-refractivity contribution is 8.16. The fraction of sp³-hybridized carbons (Fsp3) is 0.269. The molecule has 0 radical (unpaired) electrons. The number of thioether (sulfide) groups is 1. The van der Waals surface area contributed by atoms with Crippen LogP contribution in [0.2, 0.25) is 0 Å². The first-order valence-corrected chi connectivity index (χ1v) is 12.2. The van der Waals surface area contributed by atoms with Crippen LogP contribution < -0.4 is 14.8 Å². The first-order valence-electron chi connectivity index (χ1n) is 11.3. The van der Waals surface area contributed by atoms with Gasteiger partial charge in [-0.25, -0.2) is 9.79 Å². The van der Waals surface area contributed by atoms with Crippen LogP contribution in [0.1, 0.15) is 32.4 Å². The normalized spacial score (nSPS) is 16.5. The first kappa shape index (κ1) is 24.4. The molecule has 8 nitrogen and oxygen atoms in total. The van der Waals surface area contributed by atoms with Gasteiger partial charge in [0.1, 0.15) is 11.5 Å². The smallest absolute Gasteiger partial charge is 0.338 e. The van der Waals surface area contributed by atoms with Gasteiger partial charge in [-0.2, -0.15) is 0 Å². The molecule has 2 aromatic rings. The monoisotopic (exact) mass is 493 g/mol. The van der Waals surface area contributed by atoms with E-state index in [0.717, 1.165) is 16.5 Å². The Morgan fingerprint density at radius 2 is 1.83 bits per heavy atom. The number of nitrogens with zero attached hydrogens (tertiary/aromatic N) is 2. The van der Waals surface area contributed by atoms with Crippen LogP contribution in [0, 0.1) is 0 Å². The molecule has 2 aromatic carbocycles. The van der Waals surface area contributed by atoms with Crippen LogP contribution in [0.4, 0.5) is 5.69 Å². The summed E-state index contributed by atoms with van der Waals surface area (Å²) in [6.45, 7) is 6.12. The number of carbonyl (C=O) groups is 2. The maximum Gasteiger partial charge on any atom is 0.338 e. The summed E-state index contributed by atoms with van der Waals surface area (Å²) in [5.41, 5.74) is 2.42. The molecule has 0 saturated heterocycles. The Labute approximate surface area is 208 Å². The summed E-state index contributed by atoms with van der Waals surface area (Å²) in [5.74, 6) is 0.511. The Balaban J connectivity index is 1.54. The molecule has 0 saturated carbocycles. The van der Waals surface area contributed by atoms with Crippen LogP contribution in [0.15, 0.2) is 76.4 Å². The number of benzene rings is 2. The van der Waals surface area contributed by atoms with Crippen LogP contribution >= 0.6 is 11.8 Å². The van der Waals surface area contributed by atoms with Gasteiger partial charge < -0.3 is 24.4 Å². The Bertz CT molecular complexity index is 1190. The van der Waals surface area contributed by atoms with Crippen LogP contribution in [0.5, 0.6) is 11.5 Å². The number of amides is 1. The molecule has 0 spiro atoms. The van der Waals surface area contributed by atoms with Crippen LogP contribution in [-0.2, 0) is 14.3 Å². The number of amidine groups is 1. The van der Waals surface area contributed by atoms with E-state index in [1.165, 1.54) is 11.8 Å². The van der Waals surface area contributed by atoms with Crippen molar-refractivity contribution < 1.29 is 23.8 Å². The number of rotatable bonds is 9. The van der Waals surface area contributed by atoms with Crippen molar-refractivity contribution in [2.75, 3.05) is 25.1 Å². The summed E-state index contributed by atoms with van der Waals surface area (Å²) in [5, 5.41) is 5.51. The van der Waals surface area contributed by atoms with Gasteiger partial charge in [-0.05, 0) is 56.5 Å². The van der Waals surface area contributed by atoms with E-state index in [-0.39, 0.29) is 19.1 Å². The second-order valence-electron chi connectivity index (χ2n) is 7.66. The van der Waals surface area contributed by atoms with E-state index in [1.807, 2.05) is 41.6 Å². The fourth-order valence-electron chi connectivity index (χ4n) is 3.86. The number of anilines is 1. The minimum Gasteiger partial charge on any atom is -0.494 e. The number of fused-ring (bicyclic) bond motifs is 1. The van der Waals surface area contributed by atoms with Crippen molar-refractivity contribution in [3.8, 4) is 11.5 Å². The zero-order valence-corrected chi connectivity index (χ0v) is 20.6. The number of ether oxygens (including phenoxy) is 3. The zero-order chi connectivity index (χ0) is 24.8. The van der Waals surface area contributed by atoms with Crippen molar-refractivity contribution in [3.05, 3.63) is 77.0 Å². The van der Waals surface area contributed by atoms with Gasteiger partial charge in [0, 0.05) is 17.5 Å². The second-order valence-corrected chi connectivity index (χ2v) is 8.53. The van der Waals surface area contributed by atoms with Gasteiger partial charge in [0.05, 0.1) is 30.5 Å². The Hall–Kier alpha value is -3.72. The number of hydrogen-bond donors (Lipinski definition) is 1. The summed E-state index contributed by atoms with van der Waals surface area (Å²) in [6, 6.07) is 14.0. The molecule has 4 rings (SSSR count). The van der Waals surface area contributed by atoms with Gasteiger partial charge in [-0.3, -0.25) is 4.79 Å². The molecule has 0 fully saturated rings. The molecule has 2 aliphatic rings. The fourth-order valence-corrected chi connectivity index (χ4v) is 4.65. The highest BCUT2D eigenvalue weighted by Gasteiger charge is 2.38. The predicted molar refractivity (Wildman–Crippen MR) is 136 cm³/mol. The van der Waals surface area contributed by atoms with Crippen molar-refractivity contribution in [1.29, 1.82) is 0 Å². The highest BCUT2D eigenvalue weighted by Crippen LogP contribution is 2.43. The number of allylic oxidation sites excluding steroid dienone is 1. The third kappa shape index (κ3) is 5.51. The zero-order valence-electron chi connectivity index (χ0n) is 19.8. The molecule has 2 heterocycles. The van der Waals surface area contributed by atoms with Gasteiger partial charge in [0.15, 0.2) is 11.8 Å². The molecule has 9 heteroatoms. The molecule has 2 aliphatic heterocycles. The SMILES string of the molecule is CCOC(=O)C1=C(C)N=C2SC=CN2[C@@H]1c1ccccc1OCC(=O)Nc1ccc(OCC)cc1. The van der Waals surface area contributed by atoms with E-state index in [9.17, 15) is 9.59 Å². The molecule has 0 aliphatic carbocycles. The van der Waals surface area contributed by atoms with E-state index in [4.69, 9.17) is 14.2 Å². The molecule has 35 heavy (non-hydrogen) atoms. The topological polar surface area (TPSA) is 89.5 Å². The van der Waals surface area contributed by atoms with Crippen molar-refractivity contribution in [2.45, 2.75) is 26.8 Å². The lowest BCUT2D eigenvalue weighted by molar-refractivity contribution is -0.139. The number of aliphatic imine (C=N–C) groups is 1. The molecule has 1 atom stereocenters. The molecule has 0 aromatic heterocycles. The average Bonchev–Trinajstić information content (AvgIpc) is 3.32.